The summed E-state index contributed by atoms with van der Waals surface area (Å²) in [6.07, 6.45) is 19.2. The Labute approximate surface area is 446 Å². The van der Waals surface area contributed by atoms with Crippen molar-refractivity contribution < 1.29 is 9.47 Å². The van der Waals surface area contributed by atoms with Crippen LogP contribution in [-0.2, 0) is 9.47 Å². The fourth-order valence-electron chi connectivity index (χ4n) is 4.77. The highest BCUT2D eigenvalue weighted by molar-refractivity contribution is 7.99. The lowest BCUT2D eigenvalue weighted by molar-refractivity contribution is 0.109. The lowest BCUT2D eigenvalue weighted by atomic mass is 10.3. The highest BCUT2D eigenvalue weighted by Crippen LogP contribution is 2.14. The van der Waals surface area contributed by atoms with Crippen molar-refractivity contribution in [2.45, 2.75) is 176 Å². The van der Waals surface area contributed by atoms with Crippen molar-refractivity contribution in [3.05, 3.63) is 24.3 Å². The summed E-state index contributed by atoms with van der Waals surface area (Å²) in [6.45, 7) is 60.4. The van der Waals surface area contributed by atoms with E-state index in [1.165, 1.54) is 120 Å². The van der Waals surface area contributed by atoms with Crippen LogP contribution in [0.3, 0.4) is 0 Å². The molecule has 0 unspecified atom stereocenters. The van der Waals surface area contributed by atoms with E-state index in [4.69, 9.17) is 9.47 Å². The van der Waals surface area contributed by atoms with Crippen LogP contribution in [0.25, 0.3) is 0 Å². The molecule has 0 atom stereocenters. The molecule has 0 amide bonds. The van der Waals surface area contributed by atoms with E-state index < -0.39 is 0 Å². The third kappa shape index (κ3) is 114. The molecule has 11 nitrogen and oxygen atoms in total. The standard InChI is InChI=1S/C5H12N2.C5H9N.C5H8O.C4H10N2.C4H9NO.C4H9NS.C4H9N.C4H8S.C3H7N.9C2H6/c1-2-6-4-5-7-3-1;2*1-2-4-6-5-3-1;1-2-6-4-3-5-1;2*1-3-6-4-2-5-1;2*1-2-4-5-3-1;1-2-4-3-1;9*1-2/h6-7H,1-5H2;1-2,6H,3-5H2;1-2H,3-5H2;5-6H,1-4H2;2*5H,1-4H2;5H,1-4H2;1-4H2;4H,1-3H2;9*1-2H3. The maximum Gasteiger partial charge on any atom is 0.0647 e. The average Bonchev–Trinajstić information content (AvgIpc) is 4.24. The average molecular weight is 1030 g/mol. The molecule has 9 aliphatic rings. The summed E-state index contributed by atoms with van der Waals surface area (Å²) in [4.78, 5) is 0. The van der Waals surface area contributed by atoms with Gasteiger partial charge >= 0.3 is 0 Å². The number of hydrogen-bond acceptors (Lipinski definition) is 13. The SMILES string of the molecule is C1=CCNCC1.C1=CCOCC1.C1CCNC1.C1CCSC1.C1CNC1.C1CNCCN1.C1CNCCNC1.C1COCCN1.C1CSCCN1.CC.CC.CC.CC.CC.CC.CC.CC.CC. The molecule has 0 aliphatic carbocycles. The monoisotopic (exact) mass is 1030 g/mol. The summed E-state index contributed by atoms with van der Waals surface area (Å²) in [5, 5.41) is 29.0. The van der Waals surface area contributed by atoms with Gasteiger partial charge in [0.25, 0.3) is 0 Å². The second-order valence-corrected chi connectivity index (χ2v) is 15.2. The molecule has 0 aromatic carbocycles. The Morgan fingerprint density at radius 2 is 0.609 bits per heavy atom. The molecule has 0 aromatic heterocycles. The van der Waals surface area contributed by atoms with Crippen molar-refractivity contribution in [2.75, 3.05) is 167 Å². The van der Waals surface area contributed by atoms with Crippen molar-refractivity contribution in [3.63, 3.8) is 0 Å². The zero-order valence-corrected chi connectivity index (χ0v) is 52.1. The Morgan fingerprint density at radius 1 is 0.261 bits per heavy atom. The molecule has 0 bridgehead atoms. The van der Waals surface area contributed by atoms with Crippen LogP contribution < -0.4 is 47.9 Å². The van der Waals surface area contributed by atoms with Crippen LogP contribution in [0.2, 0.25) is 0 Å². The fraction of sp³-hybridized carbons (Fsp3) is 0.929. The number of nitrogens with one attached hydrogen (secondary N) is 9. The van der Waals surface area contributed by atoms with E-state index >= 15 is 0 Å². The van der Waals surface area contributed by atoms with Crippen LogP contribution in [0.1, 0.15) is 176 Å². The van der Waals surface area contributed by atoms with Gasteiger partial charge in [-0.2, -0.15) is 23.5 Å². The van der Waals surface area contributed by atoms with Crippen LogP contribution >= 0.6 is 23.5 Å². The largest absolute Gasteiger partial charge is 0.379 e. The van der Waals surface area contributed by atoms with Crippen LogP contribution in [0.4, 0.5) is 0 Å². The van der Waals surface area contributed by atoms with Crippen molar-refractivity contribution in [1.29, 1.82) is 0 Å². The lowest BCUT2D eigenvalue weighted by Crippen LogP contribution is -2.39. The minimum absolute atomic E-state index is 0.819. The summed E-state index contributed by atoms with van der Waals surface area (Å²) in [7, 11) is 0. The first kappa shape index (κ1) is 88.4. The number of thioether (sulfide) groups is 2. The smallest absolute Gasteiger partial charge is 0.0647 e. The maximum absolute atomic E-state index is 5.01. The summed E-state index contributed by atoms with van der Waals surface area (Å²) in [5.74, 6) is 5.44. The highest BCUT2D eigenvalue weighted by atomic mass is 32.2. The van der Waals surface area contributed by atoms with E-state index in [-0.39, 0.29) is 0 Å². The Balaban J connectivity index is -0.0000000807. The number of hydrogen-bond donors (Lipinski definition) is 9. The normalized spacial score (nSPS) is 18.1. The van der Waals surface area contributed by atoms with Gasteiger partial charge in [0.2, 0.25) is 0 Å². The molecule has 7 fully saturated rings. The van der Waals surface area contributed by atoms with Crippen LogP contribution in [0, 0.1) is 0 Å². The van der Waals surface area contributed by atoms with Crippen LogP contribution in [-0.4, -0.2) is 167 Å². The van der Waals surface area contributed by atoms with Gasteiger partial charge in [-0.05, 0) is 109 Å². The molecule has 69 heavy (non-hydrogen) atoms. The summed E-state index contributed by atoms with van der Waals surface area (Å²) in [5.41, 5.74) is 0. The van der Waals surface area contributed by atoms with E-state index in [1.807, 2.05) is 142 Å². The van der Waals surface area contributed by atoms with E-state index in [2.05, 4.69) is 77.8 Å². The van der Waals surface area contributed by atoms with E-state index in [1.54, 1.807) is 0 Å². The first-order valence-corrected chi connectivity index (χ1v) is 31.8. The van der Waals surface area contributed by atoms with Crippen molar-refractivity contribution >= 4 is 23.5 Å². The second kappa shape index (κ2) is 117. The predicted molar refractivity (Wildman–Crippen MR) is 329 cm³/mol. The second-order valence-electron chi connectivity index (χ2n) is 12.8. The molecule has 9 heterocycles. The molecule has 9 N–H and O–H groups in total. The van der Waals surface area contributed by atoms with Crippen molar-refractivity contribution in [1.82, 2.24) is 47.9 Å². The summed E-state index contributed by atoms with van der Waals surface area (Å²) < 4.78 is 9.99. The van der Waals surface area contributed by atoms with E-state index in [0.29, 0.717) is 0 Å². The quantitative estimate of drug-likeness (QED) is 0.107. The molecular formula is C56H135N9O2S2. The van der Waals surface area contributed by atoms with E-state index in [9.17, 15) is 0 Å². The third-order valence-corrected chi connectivity index (χ3v) is 10.2. The lowest BCUT2D eigenvalue weighted by Gasteiger charge is -2.11. The molecule has 9 aliphatic heterocycles. The van der Waals surface area contributed by atoms with Gasteiger partial charge in [-0.15, -0.1) is 0 Å². The summed E-state index contributed by atoms with van der Waals surface area (Å²) >= 11 is 4.11. The van der Waals surface area contributed by atoms with Gasteiger partial charge in [0, 0.05) is 83.5 Å². The Kier molecular flexibility index (Phi) is 150. The molecule has 9 rings (SSSR count). The molecular weight excluding hydrogens is 895 g/mol. The van der Waals surface area contributed by atoms with Gasteiger partial charge in [0.1, 0.15) is 0 Å². The van der Waals surface area contributed by atoms with Crippen LogP contribution in [0.5, 0.6) is 0 Å². The van der Waals surface area contributed by atoms with Crippen molar-refractivity contribution in [2.24, 2.45) is 0 Å². The Hall–Kier alpha value is -0.260. The number of ether oxygens (including phenoxy) is 2. The molecule has 0 aromatic rings. The Bertz CT molecular complexity index is 551. The topological polar surface area (TPSA) is 127 Å². The molecule has 0 saturated carbocycles. The highest BCUT2D eigenvalue weighted by Gasteiger charge is 1.97. The molecule has 13 heteroatoms. The third-order valence-electron chi connectivity index (χ3n) is 8.05. The molecule has 7 saturated heterocycles. The predicted octanol–water partition coefficient (Wildman–Crippen LogP) is 11.3. The first-order chi connectivity index (χ1) is 34.5. The van der Waals surface area contributed by atoms with Gasteiger partial charge in [-0.25, -0.2) is 0 Å². The van der Waals surface area contributed by atoms with Gasteiger partial charge < -0.3 is 57.3 Å². The number of piperazine rings is 1. The number of rotatable bonds is 0. The maximum atomic E-state index is 5.01. The van der Waals surface area contributed by atoms with Gasteiger partial charge in [0.05, 0.1) is 26.4 Å². The Morgan fingerprint density at radius 3 is 0.754 bits per heavy atom. The minimum Gasteiger partial charge on any atom is -0.379 e. The number of morpholine rings is 1. The molecule has 0 spiro atoms. The zero-order chi connectivity index (χ0) is 54.1. The fourth-order valence-corrected chi connectivity index (χ4v) is 6.57. The summed E-state index contributed by atoms with van der Waals surface area (Å²) in [6, 6.07) is 0. The van der Waals surface area contributed by atoms with Crippen molar-refractivity contribution in [3.8, 4) is 0 Å². The van der Waals surface area contributed by atoms with Gasteiger partial charge in [-0.3, -0.25) is 0 Å². The van der Waals surface area contributed by atoms with Crippen LogP contribution in [0.15, 0.2) is 24.3 Å². The first-order valence-electron chi connectivity index (χ1n) is 29.5. The molecule has 428 valence electrons. The van der Waals surface area contributed by atoms with Gasteiger partial charge in [-0.1, -0.05) is 149 Å². The minimum atomic E-state index is 0.819. The molecule has 0 radical (unpaired) electrons. The van der Waals surface area contributed by atoms with Gasteiger partial charge in [0.15, 0.2) is 0 Å². The van der Waals surface area contributed by atoms with E-state index in [0.717, 1.165) is 98.3 Å². The zero-order valence-electron chi connectivity index (χ0n) is 50.5.